The van der Waals surface area contributed by atoms with Gasteiger partial charge in [0.15, 0.2) is 0 Å². The summed E-state index contributed by atoms with van der Waals surface area (Å²) in [7, 11) is 3.47. The summed E-state index contributed by atoms with van der Waals surface area (Å²) in [5.41, 5.74) is 6.48. The van der Waals surface area contributed by atoms with Gasteiger partial charge in [0.2, 0.25) is 0 Å². The Labute approximate surface area is 113 Å². The Kier molecular flexibility index (Phi) is 3.55. The predicted molar refractivity (Wildman–Crippen MR) is 72.6 cm³/mol. The summed E-state index contributed by atoms with van der Waals surface area (Å²) in [6, 6.07) is 4.76. The molecule has 20 heavy (non-hydrogen) atoms. The highest BCUT2D eigenvalue weighted by molar-refractivity contribution is 5.83. The van der Waals surface area contributed by atoms with Crippen molar-refractivity contribution < 1.29 is 4.92 Å². The fourth-order valence-electron chi connectivity index (χ4n) is 1.54. The molecular formula is C10H12N8O2. The van der Waals surface area contributed by atoms with E-state index in [4.69, 9.17) is 5.73 Å². The Morgan fingerprint density at radius 3 is 2.80 bits per heavy atom. The van der Waals surface area contributed by atoms with E-state index in [0.29, 0.717) is 11.3 Å². The number of hydrogen-bond donors (Lipinski definition) is 1. The Hall–Kier alpha value is -3.04. The van der Waals surface area contributed by atoms with Crippen LogP contribution in [0.2, 0.25) is 0 Å². The van der Waals surface area contributed by atoms with Gasteiger partial charge in [-0.15, -0.1) is 0 Å². The highest BCUT2D eigenvalue weighted by atomic mass is 16.6. The standard InChI is InChI=1S/C10H12N8O2/c1-16(2)8-4-3-7(5-9(8)18(19)20)6-12-17-10(11)13-14-15-17/h3-6H,1-2H3,(H2,11,13,15). The minimum Gasteiger partial charge on any atom is -0.372 e. The number of nitro groups is 1. The average molecular weight is 276 g/mol. The zero-order valence-electron chi connectivity index (χ0n) is 10.8. The van der Waals surface area contributed by atoms with Crippen LogP contribution >= 0.6 is 0 Å². The third-order valence-electron chi connectivity index (χ3n) is 2.47. The van der Waals surface area contributed by atoms with Crippen LogP contribution in [0.5, 0.6) is 0 Å². The van der Waals surface area contributed by atoms with Gasteiger partial charge in [-0.1, -0.05) is 16.0 Å². The maximum absolute atomic E-state index is 11.0. The molecule has 0 atom stereocenters. The topological polar surface area (TPSA) is 128 Å². The van der Waals surface area contributed by atoms with Gasteiger partial charge in [-0.2, -0.15) is 5.10 Å². The molecule has 0 fully saturated rings. The molecule has 10 nitrogen and oxygen atoms in total. The van der Waals surface area contributed by atoms with Crippen LogP contribution in [0.4, 0.5) is 17.3 Å². The van der Waals surface area contributed by atoms with Crippen molar-refractivity contribution in [2.45, 2.75) is 0 Å². The van der Waals surface area contributed by atoms with E-state index in [1.165, 1.54) is 12.3 Å². The van der Waals surface area contributed by atoms with E-state index in [1.54, 1.807) is 31.1 Å². The molecule has 0 aliphatic carbocycles. The smallest absolute Gasteiger partial charge is 0.293 e. The van der Waals surface area contributed by atoms with E-state index >= 15 is 0 Å². The molecule has 0 aliphatic rings. The molecule has 0 spiro atoms. The number of nitro benzene ring substituents is 1. The third-order valence-corrected chi connectivity index (χ3v) is 2.47. The van der Waals surface area contributed by atoms with Gasteiger partial charge in [-0.3, -0.25) is 10.1 Å². The molecule has 104 valence electrons. The van der Waals surface area contributed by atoms with Crippen LogP contribution in [-0.2, 0) is 0 Å². The number of nitrogens with two attached hydrogens (primary N) is 1. The maximum atomic E-state index is 11.0. The van der Waals surface area contributed by atoms with E-state index < -0.39 is 4.92 Å². The van der Waals surface area contributed by atoms with Gasteiger partial charge < -0.3 is 10.6 Å². The van der Waals surface area contributed by atoms with Crippen molar-refractivity contribution in [1.82, 2.24) is 20.3 Å². The van der Waals surface area contributed by atoms with Gasteiger partial charge >= 0.3 is 0 Å². The normalized spacial score (nSPS) is 10.9. The van der Waals surface area contributed by atoms with Gasteiger partial charge in [-0.25, -0.2) is 0 Å². The highest BCUT2D eigenvalue weighted by Crippen LogP contribution is 2.27. The SMILES string of the molecule is CN(C)c1ccc(C=Nn2nnnc2N)cc1[N+](=O)[O-]. The lowest BCUT2D eigenvalue weighted by Crippen LogP contribution is -2.11. The van der Waals surface area contributed by atoms with Crippen LogP contribution in [0.3, 0.4) is 0 Å². The van der Waals surface area contributed by atoms with Crippen LogP contribution in [0, 0.1) is 10.1 Å². The van der Waals surface area contributed by atoms with Crippen molar-refractivity contribution in [3.05, 3.63) is 33.9 Å². The highest BCUT2D eigenvalue weighted by Gasteiger charge is 2.15. The van der Waals surface area contributed by atoms with E-state index in [9.17, 15) is 10.1 Å². The van der Waals surface area contributed by atoms with E-state index in [1.807, 2.05) is 0 Å². The van der Waals surface area contributed by atoms with Crippen LogP contribution in [0.15, 0.2) is 23.3 Å². The first-order valence-electron chi connectivity index (χ1n) is 5.53. The molecule has 0 radical (unpaired) electrons. The molecule has 0 amide bonds. The number of nitrogen functional groups attached to an aromatic ring is 1. The van der Waals surface area contributed by atoms with Crippen LogP contribution in [-0.4, -0.2) is 45.5 Å². The molecule has 1 heterocycles. The minimum atomic E-state index is -0.446. The molecule has 1 aromatic carbocycles. The Morgan fingerprint density at radius 2 is 2.25 bits per heavy atom. The number of benzene rings is 1. The number of nitrogens with zero attached hydrogens (tertiary/aromatic N) is 7. The molecule has 0 aliphatic heterocycles. The quantitative estimate of drug-likeness (QED) is 0.476. The van der Waals surface area contributed by atoms with Crippen molar-refractivity contribution in [3.63, 3.8) is 0 Å². The summed E-state index contributed by atoms with van der Waals surface area (Å²) < 4.78 is 0. The number of tetrazole rings is 1. The zero-order chi connectivity index (χ0) is 14.7. The van der Waals surface area contributed by atoms with E-state index in [0.717, 1.165) is 4.79 Å². The number of rotatable bonds is 4. The van der Waals surface area contributed by atoms with Gasteiger partial charge in [0.25, 0.3) is 11.6 Å². The van der Waals surface area contributed by atoms with Crippen molar-refractivity contribution >= 4 is 23.5 Å². The van der Waals surface area contributed by atoms with Gasteiger partial charge in [0.05, 0.1) is 11.1 Å². The second-order valence-corrected chi connectivity index (χ2v) is 4.07. The summed E-state index contributed by atoms with van der Waals surface area (Å²) in [5.74, 6) is 0.0284. The largest absolute Gasteiger partial charge is 0.372 e. The maximum Gasteiger partial charge on any atom is 0.293 e. The zero-order valence-corrected chi connectivity index (χ0v) is 10.8. The molecule has 0 unspecified atom stereocenters. The van der Waals surface area contributed by atoms with E-state index in [2.05, 4.69) is 20.6 Å². The monoisotopic (exact) mass is 276 g/mol. The first-order valence-corrected chi connectivity index (χ1v) is 5.53. The summed E-state index contributed by atoms with van der Waals surface area (Å²) >= 11 is 0. The molecule has 0 saturated heterocycles. The lowest BCUT2D eigenvalue weighted by atomic mass is 10.2. The Bertz CT molecular complexity index is 663. The van der Waals surface area contributed by atoms with Crippen LogP contribution in [0.25, 0.3) is 0 Å². The predicted octanol–water partition coefficient (Wildman–Crippen LogP) is 0.112. The molecule has 0 saturated carbocycles. The third kappa shape index (κ3) is 2.68. The van der Waals surface area contributed by atoms with E-state index in [-0.39, 0.29) is 11.6 Å². The molecule has 0 bridgehead atoms. The van der Waals surface area contributed by atoms with Gasteiger partial charge in [-0.05, 0) is 16.5 Å². The fourth-order valence-corrected chi connectivity index (χ4v) is 1.54. The summed E-state index contributed by atoms with van der Waals surface area (Å²) in [6.45, 7) is 0. The molecule has 10 heteroatoms. The molecule has 2 rings (SSSR count). The summed E-state index contributed by atoms with van der Waals surface area (Å²) in [5, 5.41) is 25.3. The van der Waals surface area contributed by atoms with Crippen molar-refractivity contribution in [1.29, 1.82) is 0 Å². The second kappa shape index (κ2) is 5.30. The Balaban J connectivity index is 2.35. The molecule has 2 N–H and O–H groups in total. The molecule has 1 aromatic heterocycles. The van der Waals surface area contributed by atoms with Crippen molar-refractivity contribution in [2.75, 3.05) is 24.7 Å². The van der Waals surface area contributed by atoms with Gasteiger partial charge in [0.1, 0.15) is 5.69 Å². The molecular weight excluding hydrogens is 264 g/mol. The first kappa shape index (κ1) is 13.4. The first-order chi connectivity index (χ1) is 9.49. The lowest BCUT2D eigenvalue weighted by molar-refractivity contribution is -0.384. The second-order valence-electron chi connectivity index (χ2n) is 4.07. The minimum absolute atomic E-state index is 0.0105. The lowest BCUT2D eigenvalue weighted by Gasteiger charge is -2.12. The average Bonchev–Trinajstić information content (AvgIpc) is 2.81. The number of anilines is 2. The number of hydrogen-bond acceptors (Lipinski definition) is 8. The van der Waals surface area contributed by atoms with Crippen LogP contribution in [0.1, 0.15) is 5.56 Å². The van der Waals surface area contributed by atoms with Crippen LogP contribution < -0.4 is 10.6 Å². The fraction of sp³-hybridized carbons (Fsp3) is 0.200. The van der Waals surface area contributed by atoms with Gasteiger partial charge in [0, 0.05) is 25.7 Å². The van der Waals surface area contributed by atoms with Crippen molar-refractivity contribution in [3.8, 4) is 0 Å². The Morgan fingerprint density at radius 1 is 1.50 bits per heavy atom. The summed E-state index contributed by atoms with van der Waals surface area (Å²) in [4.78, 5) is 13.3. The summed E-state index contributed by atoms with van der Waals surface area (Å²) in [6.07, 6.45) is 1.39. The van der Waals surface area contributed by atoms with Crippen molar-refractivity contribution in [2.24, 2.45) is 5.10 Å². The molecule has 2 aromatic rings. The number of aromatic nitrogens is 4.